The number of nitrogens with one attached hydrogen (secondary N) is 1. The Morgan fingerprint density at radius 3 is 2.75 bits per heavy atom. The summed E-state index contributed by atoms with van der Waals surface area (Å²) in [5.74, 6) is -0.454. The van der Waals surface area contributed by atoms with Crippen molar-refractivity contribution in [2.75, 3.05) is 31.4 Å². The molecule has 3 rings (SSSR count). The number of carbonyl (C=O) groups is 2. The Kier molecular flexibility index (Phi) is 5.50. The fourth-order valence-corrected chi connectivity index (χ4v) is 3.88. The minimum Gasteiger partial charge on any atom is -0.468 e. The molecular weight excluding hydrogens is 384 g/mol. The molecule has 1 aliphatic rings. The summed E-state index contributed by atoms with van der Waals surface area (Å²) in [5, 5.41) is 3.32. The molecule has 1 saturated heterocycles. The van der Waals surface area contributed by atoms with Crippen molar-refractivity contribution in [1.82, 2.24) is 15.3 Å². The third-order valence-electron chi connectivity index (χ3n) is 4.72. The van der Waals surface area contributed by atoms with Gasteiger partial charge >= 0.3 is 5.97 Å². The lowest BCUT2D eigenvalue weighted by Crippen LogP contribution is -2.45. The van der Waals surface area contributed by atoms with Gasteiger partial charge in [0.25, 0.3) is 0 Å². The summed E-state index contributed by atoms with van der Waals surface area (Å²) in [6.07, 6.45) is 2.53. The number of fused-ring (bicyclic) bond motifs is 1. The molecule has 0 aliphatic carbocycles. The van der Waals surface area contributed by atoms with E-state index in [2.05, 4.69) is 20.0 Å². The molecule has 0 spiro atoms. The third kappa shape index (κ3) is 4.06. The highest BCUT2D eigenvalue weighted by Crippen LogP contribution is 2.27. The van der Waals surface area contributed by atoms with Crippen LogP contribution in [0.2, 0.25) is 0 Å². The third-order valence-corrected chi connectivity index (χ3v) is 5.83. The Labute approximate surface area is 163 Å². The van der Waals surface area contributed by atoms with Crippen molar-refractivity contribution in [1.29, 1.82) is 0 Å². The number of hydrogen-bond donors (Lipinski definition) is 1. The lowest BCUT2D eigenvalue weighted by atomic mass is 10.2. The van der Waals surface area contributed by atoms with Gasteiger partial charge in [0.05, 0.1) is 23.2 Å². The first kappa shape index (κ1) is 20.0. The SMILES string of the molecule is COC(=O)CNC(=O)[C@@H]1CCCN1c1nc(C)c2ccc(S(C)(=O)=O)cc2n1. The highest BCUT2D eigenvalue weighted by molar-refractivity contribution is 7.90. The molecule has 0 saturated carbocycles. The zero-order valence-corrected chi connectivity index (χ0v) is 16.7. The lowest BCUT2D eigenvalue weighted by molar-refractivity contribution is -0.141. The van der Waals surface area contributed by atoms with Crippen LogP contribution in [0.5, 0.6) is 0 Å². The van der Waals surface area contributed by atoms with Crippen LogP contribution in [0.25, 0.3) is 10.9 Å². The zero-order chi connectivity index (χ0) is 20.5. The maximum atomic E-state index is 12.5. The number of hydrogen-bond acceptors (Lipinski definition) is 8. The maximum Gasteiger partial charge on any atom is 0.325 e. The van der Waals surface area contributed by atoms with Crippen LogP contribution in [0.1, 0.15) is 18.5 Å². The number of anilines is 1. The molecule has 10 heteroatoms. The van der Waals surface area contributed by atoms with Crippen LogP contribution < -0.4 is 10.2 Å². The molecule has 1 aromatic heterocycles. The van der Waals surface area contributed by atoms with Gasteiger partial charge in [-0.25, -0.2) is 18.4 Å². The summed E-state index contributed by atoms with van der Waals surface area (Å²) in [6, 6.07) is 4.24. The smallest absolute Gasteiger partial charge is 0.325 e. The van der Waals surface area contributed by atoms with Gasteiger partial charge in [0.15, 0.2) is 9.84 Å². The van der Waals surface area contributed by atoms with Gasteiger partial charge in [-0.05, 0) is 38.0 Å². The van der Waals surface area contributed by atoms with E-state index in [1.165, 1.54) is 19.2 Å². The number of methoxy groups -OCH3 is 1. The molecule has 0 unspecified atom stereocenters. The van der Waals surface area contributed by atoms with Crippen LogP contribution >= 0.6 is 0 Å². The number of esters is 1. The monoisotopic (exact) mass is 406 g/mol. The van der Waals surface area contributed by atoms with E-state index in [1.54, 1.807) is 11.0 Å². The fraction of sp³-hybridized carbons (Fsp3) is 0.444. The number of rotatable bonds is 5. The molecule has 150 valence electrons. The molecular formula is C18H22N4O5S. The summed E-state index contributed by atoms with van der Waals surface area (Å²) in [6.45, 7) is 2.21. The summed E-state index contributed by atoms with van der Waals surface area (Å²) in [5.41, 5.74) is 1.20. The summed E-state index contributed by atoms with van der Waals surface area (Å²) in [7, 11) is -2.11. The maximum absolute atomic E-state index is 12.5. The van der Waals surface area contributed by atoms with Gasteiger partial charge in [-0.15, -0.1) is 0 Å². The van der Waals surface area contributed by atoms with Gasteiger partial charge in [-0.3, -0.25) is 9.59 Å². The van der Waals surface area contributed by atoms with Gasteiger partial charge in [-0.1, -0.05) is 0 Å². The highest BCUT2D eigenvalue weighted by atomic mass is 32.2. The van der Waals surface area contributed by atoms with E-state index >= 15 is 0 Å². The number of benzene rings is 1. The number of carbonyl (C=O) groups excluding carboxylic acids is 2. The van der Waals surface area contributed by atoms with Crippen molar-refractivity contribution in [2.24, 2.45) is 0 Å². The van der Waals surface area contributed by atoms with E-state index in [-0.39, 0.29) is 17.3 Å². The summed E-state index contributed by atoms with van der Waals surface area (Å²) >= 11 is 0. The predicted molar refractivity (Wildman–Crippen MR) is 103 cm³/mol. The minimum atomic E-state index is -3.36. The van der Waals surface area contributed by atoms with E-state index in [0.29, 0.717) is 30.1 Å². The molecule has 1 atom stereocenters. The molecule has 28 heavy (non-hydrogen) atoms. The second-order valence-corrected chi connectivity index (χ2v) is 8.72. The van der Waals surface area contributed by atoms with Gasteiger partial charge in [-0.2, -0.15) is 0 Å². The molecule has 0 radical (unpaired) electrons. The molecule has 0 bridgehead atoms. The van der Waals surface area contributed by atoms with Gasteiger partial charge in [0, 0.05) is 18.2 Å². The molecule has 2 aromatic rings. The molecule has 1 aromatic carbocycles. The largest absolute Gasteiger partial charge is 0.468 e. The molecule has 1 fully saturated rings. The van der Waals surface area contributed by atoms with E-state index < -0.39 is 21.8 Å². The second kappa shape index (κ2) is 7.70. The quantitative estimate of drug-likeness (QED) is 0.717. The van der Waals surface area contributed by atoms with E-state index in [9.17, 15) is 18.0 Å². The van der Waals surface area contributed by atoms with Gasteiger partial charge in [0.2, 0.25) is 11.9 Å². The Hall–Kier alpha value is -2.75. The van der Waals surface area contributed by atoms with Crippen molar-refractivity contribution >= 4 is 38.6 Å². The first-order valence-electron chi connectivity index (χ1n) is 8.80. The van der Waals surface area contributed by atoms with E-state index in [4.69, 9.17) is 0 Å². The number of sulfone groups is 1. The van der Waals surface area contributed by atoms with Crippen LogP contribution in [0.15, 0.2) is 23.1 Å². The summed E-state index contributed by atoms with van der Waals surface area (Å²) < 4.78 is 28.2. The number of aromatic nitrogens is 2. The number of amides is 1. The van der Waals surface area contributed by atoms with Crippen LogP contribution in [0, 0.1) is 6.92 Å². The molecule has 1 N–H and O–H groups in total. The summed E-state index contributed by atoms with van der Waals surface area (Å²) in [4.78, 5) is 34.7. The van der Waals surface area contributed by atoms with Gasteiger partial charge < -0.3 is 15.0 Å². The van der Waals surface area contributed by atoms with Crippen LogP contribution in [-0.4, -0.2) is 62.8 Å². The van der Waals surface area contributed by atoms with Crippen LogP contribution in [-0.2, 0) is 24.2 Å². The van der Waals surface area contributed by atoms with Crippen molar-refractivity contribution < 1.29 is 22.7 Å². The van der Waals surface area contributed by atoms with Crippen LogP contribution in [0.3, 0.4) is 0 Å². The number of aryl methyl sites for hydroxylation is 1. The Bertz CT molecular complexity index is 1040. The topological polar surface area (TPSA) is 119 Å². The zero-order valence-electron chi connectivity index (χ0n) is 15.9. The fourth-order valence-electron chi connectivity index (χ4n) is 3.24. The standard InChI is InChI=1S/C18H22N4O5S/c1-11-13-7-6-12(28(3,25)26)9-14(13)21-18(20-11)22-8-4-5-15(22)17(24)19-10-16(23)27-2/h6-7,9,15H,4-5,8,10H2,1-3H3,(H,19,24)/t15-/m0/s1. The lowest BCUT2D eigenvalue weighted by Gasteiger charge is -2.24. The van der Waals surface area contributed by atoms with E-state index in [0.717, 1.165) is 18.1 Å². The highest BCUT2D eigenvalue weighted by Gasteiger charge is 2.33. The first-order valence-corrected chi connectivity index (χ1v) is 10.7. The Morgan fingerprint density at radius 2 is 2.07 bits per heavy atom. The molecule has 2 heterocycles. The average Bonchev–Trinajstić information content (AvgIpc) is 3.14. The van der Waals surface area contributed by atoms with E-state index in [1.807, 2.05) is 6.92 Å². The Balaban J connectivity index is 1.93. The second-order valence-electron chi connectivity index (χ2n) is 6.71. The molecule has 9 nitrogen and oxygen atoms in total. The number of ether oxygens (including phenoxy) is 1. The van der Waals surface area contributed by atoms with Gasteiger partial charge in [0.1, 0.15) is 12.6 Å². The van der Waals surface area contributed by atoms with Crippen LogP contribution in [0.4, 0.5) is 5.95 Å². The average molecular weight is 406 g/mol. The Morgan fingerprint density at radius 1 is 1.32 bits per heavy atom. The first-order chi connectivity index (χ1) is 13.2. The van der Waals surface area contributed by atoms with Crippen molar-refractivity contribution in [2.45, 2.75) is 30.7 Å². The predicted octanol–water partition coefficient (Wildman–Crippen LogP) is 0.600. The van der Waals surface area contributed by atoms with Crippen molar-refractivity contribution in [3.63, 3.8) is 0 Å². The molecule has 1 amide bonds. The number of nitrogens with zero attached hydrogens (tertiary/aromatic N) is 3. The minimum absolute atomic E-state index is 0.179. The normalized spacial score (nSPS) is 17.0. The van der Waals surface area contributed by atoms with Crippen molar-refractivity contribution in [3.8, 4) is 0 Å². The molecule has 1 aliphatic heterocycles. The van der Waals surface area contributed by atoms with Crippen molar-refractivity contribution in [3.05, 3.63) is 23.9 Å².